The Bertz CT molecular complexity index is 240. The molecule has 0 spiro atoms. The molecule has 0 radical (unpaired) electrons. The predicted molar refractivity (Wildman–Crippen MR) is 69.1 cm³/mol. The number of amides is 1. The van der Waals surface area contributed by atoms with Crippen LogP contribution in [0.25, 0.3) is 0 Å². The molecule has 4 nitrogen and oxygen atoms in total. The van der Waals surface area contributed by atoms with Crippen molar-refractivity contribution >= 4 is 6.09 Å². The Morgan fingerprint density at radius 2 is 1.94 bits per heavy atom. The fourth-order valence-electron chi connectivity index (χ4n) is 2.10. The monoisotopic (exact) mass is 242 g/mol. The van der Waals surface area contributed by atoms with Gasteiger partial charge >= 0.3 is 6.09 Å². The molecule has 0 saturated carbocycles. The van der Waals surface area contributed by atoms with Gasteiger partial charge in [0.1, 0.15) is 0 Å². The molecule has 4 heteroatoms. The molecule has 100 valence electrons. The summed E-state index contributed by atoms with van der Waals surface area (Å²) in [6.07, 6.45) is 2.63. The van der Waals surface area contributed by atoms with Crippen LogP contribution in [0.15, 0.2) is 0 Å². The number of likely N-dealkylation sites (tertiary alicyclic amines) is 1. The first-order valence-corrected chi connectivity index (χ1v) is 6.62. The van der Waals surface area contributed by atoms with E-state index >= 15 is 0 Å². The van der Waals surface area contributed by atoms with Crippen LogP contribution in [-0.4, -0.2) is 42.3 Å². The zero-order valence-electron chi connectivity index (χ0n) is 11.6. The quantitative estimate of drug-likeness (QED) is 0.826. The number of carbonyl (C=O) groups excluding carboxylic acids is 1. The molecule has 17 heavy (non-hydrogen) atoms. The Kier molecular flexibility index (Phi) is 5.25. The highest BCUT2D eigenvalue weighted by molar-refractivity contribution is 5.67. The van der Waals surface area contributed by atoms with E-state index in [9.17, 15) is 4.79 Å². The molecule has 0 unspecified atom stereocenters. The molecule has 0 bridgehead atoms. The zero-order valence-corrected chi connectivity index (χ0v) is 11.6. The smallest absolute Gasteiger partial charge is 0.407 e. The number of rotatable bonds is 3. The Hall–Kier alpha value is -0.770. The highest BCUT2D eigenvalue weighted by Gasteiger charge is 2.27. The van der Waals surface area contributed by atoms with Crippen LogP contribution in [0.2, 0.25) is 0 Å². The molecule has 1 rings (SSSR count). The predicted octanol–water partition coefficient (Wildman–Crippen LogP) is 2.39. The first kappa shape index (κ1) is 14.3. The largest absolute Gasteiger partial charge is 0.450 e. The molecule has 1 heterocycles. The Morgan fingerprint density at radius 3 is 2.41 bits per heavy atom. The number of alkyl carbamates (subject to hydrolysis) is 1. The maximum absolute atomic E-state index is 11.4. The molecule has 0 aromatic rings. The van der Waals surface area contributed by atoms with Crippen LogP contribution in [0.5, 0.6) is 0 Å². The number of nitrogens with zero attached hydrogens (tertiary/aromatic N) is 1. The molecule has 1 amide bonds. The molecule has 0 aromatic heterocycles. The third-order valence-corrected chi connectivity index (χ3v) is 3.20. The van der Waals surface area contributed by atoms with Crippen LogP contribution in [-0.2, 0) is 4.74 Å². The SMILES string of the molecule is CCCOC(=O)NC1CCN(C(C)(C)C)CC1. The lowest BCUT2D eigenvalue weighted by Gasteiger charge is -2.40. The van der Waals surface area contributed by atoms with Crippen molar-refractivity contribution in [3.8, 4) is 0 Å². The summed E-state index contributed by atoms with van der Waals surface area (Å²) in [6.45, 7) is 11.3. The number of hydrogen-bond acceptors (Lipinski definition) is 3. The van der Waals surface area contributed by atoms with Crippen LogP contribution < -0.4 is 5.32 Å². The van der Waals surface area contributed by atoms with Gasteiger partial charge in [-0.1, -0.05) is 6.92 Å². The number of hydrogen-bond donors (Lipinski definition) is 1. The van der Waals surface area contributed by atoms with E-state index in [0.29, 0.717) is 6.61 Å². The highest BCUT2D eigenvalue weighted by atomic mass is 16.5. The summed E-state index contributed by atoms with van der Waals surface area (Å²) < 4.78 is 5.02. The molecule has 1 saturated heterocycles. The van der Waals surface area contributed by atoms with Crippen molar-refractivity contribution in [3.05, 3.63) is 0 Å². The lowest BCUT2D eigenvalue weighted by atomic mass is 9.98. The van der Waals surface area contributed by atoms with Gasteiger partial charge in [0.2, 0.25) is 0 Å². The van der Waals surface area contributed by atoms with E-state index in [4.69, 9.17) is 4.74 Å². The second kappa shape index (κ2) is 6.24. The molecular formula is C13H26N2O2. The van der Waals surface area contributed by atoms with Gasteiger partial charge in [0.15, 0.2) is 0 Å². The summed E-state index contributed by atoms with van der Waals surface area (Å²) in [5.41, 5.74) is 0.230. The van der Waals surface area contributed by atoms with Gasteiger partial charge in [-0.25, -0.2) is 4.79 Å². The van der Waals surface area contributed by atoms with Crippen LogP contribution in [0.1, 0.15) is 47.0 Å². The van der Waals surface area contributed by atoms with E-state index in [1.54, 1.807) is 0 Å². The zero-order chi connectivity index (χ0) is 12.9. The van der Waals surface area contributed by atoms with Crippen LogP contribution in [0, 0.1) is 0 Å². The highest BCUT2D eigenvalue weighted by Crippen LogP contribution is 2.19. The summed E-state index contributed by atoms with van der Waals surface area (Å²) >= 11 is 0. The van der Waals surface area contributed by atoms with E-state index in [0.717, 1.165) is 32.4 Å². The van der Waals surface area contributed by atoms with Crippen molar-refractivity contribution in [3.63, 3.8) is 0 Å². The van der Waals surface area contributed by atoms with E-state index in [2.05, 4.69) is 31.0 Å². The van der Waals surface area contributed by atoms with Gasteiger partial charge in [-0.3, -0.25) is 4.90 Å². The average molecular weight is 242 g/mol. The van der Waals surface area contributed by atoms with Gasteiger partial charge in [-0.05, 0) is 40.0 Å². The Balaban J connectivity index is 2.25. The van der Waals surface area contributed by atoms with E-state index < -0.39 is 0 Å². The maximum atomic E-state index is 11.4. The topological polar surface area (TPSA) is 41.6 Å². The third kappa shape index (κ3) is 4.94. The van der Waals surface area contributed by atoms with E-state index in [1.165, 1.54) is 0 Å². The Morgan fingerprint density at radius 1 is 1.35 bits per heavy atom. The summed E-state index contributed by atoms with van der Waals surface area (Å²) in [5, 5.41) is 2.94. The minimum Gasteiger partial charge on any atom is -0.450 e. The van der Waals surface area contributed by atoms with Crippen LogP contribution in [0.4, 0.5) is 4.79 Å². The van der Waals surface area contributed by atoms with Gasteiger partial charge < -0.3 is 10.1 Å². The number of ether oxygens (including phenoxy) is 1. The van der Waals surface area contributed by atoms with Gasteiger partial charge in [0.05, 0.1) is 6.61 Å². The van der Waals surface area contributed by atoms with E-state index in [-0.39, 0.29) is 17.7 Å². The molecular weight excluding hydrogens is 216 g/mol. The van der Waals surface area contributed by atoms with Crippen molar-refractivity contribution in [2.45, 2.75) is 58.5 Å². The third-order valence-electron chi connectivity index (χ3n) is 3.20. The van der Waals surface area contributed by atoms with Crippen LogP contribution in [0.3, 0.4) is 0 Å². The second-order valence-corrected chi connectivity index (χ2v) is 5.71. The maximum Gasteiger partial charge on any atom is 0.407 e. The Labute approximate surface area is 105 Å². The molecule has 0 aromatic carbocycles. The molecule has 1 aliphatic rings. The fraction of sp³-hybridized carbons (Fsp3) is 0.923. The van der Waals surface area contributed by atoms with Crippen molar-refractivity contribution in [2.24, 2.45) is 0 Å². The van der Waals surface area contributed by atoms with Crippen molar-refractivity contribution in [2.75, 3.05) is 19.7 Å². The first-order chi connectivity index (χ1) is 7.93. The van der Waals surface area contributed by atoms with Gasteiger partial charge in [0, 0.05) is 24.7 Å². The van der Waals surface area contributed by atoms with Crippen molar-refractivity contribution < 1.29 is 9.53 Å². The van der Waals surface area contributed by atoms with Gasteiger partial charge in [-0.15, -0.1) is 0 Å². The molecule has 1 N–H and O–H groups in total. The normalized spacial score (nSPS) is 19.1. The number of nitrogens with one attached hydrogen (secondary N) is 1. The summed E-state index contributed by atoms with van der Waals surface area (Å²) in [6, 6.07) is 0.276. The van der Waals surface area contributed by atoms with Crippen molar-refractivity contribution in [1.29, 1.82) is 0 Å². The number of carbonyl (C=O) groups is 1. The van der Waals surface area contributed by atoms with Crippen molar-refractivity contribution in [1.82, 2.24) is 10.2 Å². The first-order valence-electron chi connectivity index (χ1n) is 6.62. The molecule has 1 aliphatic heterocycles. The van der Waals surface area contributed by atoms with Crippen LogP contribution >= 0.6 is 0 Å². The lowest BCUT2D eigenvalue weighted by molar-refractivity contribution is 0.0906. The minimum atomic E-state index is -0.263. The summed E-state index contributed by atoms with van der Waals surface area (Å²) in [7, 11) is 0. The van der Waals surface area contributed by atoms with Gasteiger partial charge in [0.25, 0.3) is 0 Å². The lowest BCUT2D eigenvalue weighted by Crippen LogP contribution is -2.50. The number of piperidine rings is 1. The minimum absolute atomic E-state index is 0.230. The molecule has 1 fully saturated rings. The van der Waals surface area contributed by atoms with Gasteiger partial charge in [-0.2, -0.15) is 0 Å². The average Bonchev–Trinajstić information content (AvgIpc) is 2.26. The van der Waals surface area contributed by atoms with E-state index in [1.807, 2.05) is 6.92 Å². The second-order valence-electron chi connectivity index (χ2n) is 5.71. The molecule has 0 atom stereocenters. The summed E-state index contributed by atoms with van der Waals surface area (Å²) in [4.78, 5) is 13.9. The fourth-order valence-corrected chi connectivity index (χ4v) is 2.10. The standard InChI is InChI=1S/C13H26N2O2/c1-5-10-17-12(16)14-11-6-8-15(9-7-11)13(2,3)4/h11H,5-10H2,1-4H3,(H,14,16). The molecule has 0 aliphatic carbocycles. The summed E-state index contributed by atoms with van der Waals surface area (Å²) in [5.74, 6) is 0.